The number of rotatable bonds is 0. The number of carbonyl (C=O) groups is 1. The minimum atomic E-state index is -0.324. The summed E-state index contributed by atoms with van der Waals surface area (Å²) < 4.78 is 12.7. The molecule has 24 valence electrons. The molecule has 1 nitrogen and oxygen atoms in total. The number of hydrogen-bond donors (Lipinski definition) is 0. The highest BCUT2D eigenvalue weighted by molar-refractivity contribution is 5.72. The van der Waals surface area contributed by atoms with Gasteiger partial charge in [0.15, 0.2) is 0 Å². The molecule has 1 heteroatoms. The van der Waals surface area contributed by atoms with Crippen molar-refractivity contribution in [1.82, 2.24) is 0 Å². The van der Waals surface area contributed by atoms with Crippen LogP contribution in [-0.4, -0.2) is 5.78 Å². The van der Waals surface area contributed by atoms with E-state index >= 15 is 0 Å². The molecule has 0 bridgehead atoms. The molecule has 0 rings (SSSR count). The first-order valence-electron chi connectivity index (χ1n) is 2.33. The van der Waals surface area contributed by atoms with Crippen molar-refractivity contribution in [3.63, 3.8) is 0 Å². The minimum absolute atomic E-state index is 0.247. The highest BCUT2D eigenvalue weighted by atomic mass is 16.1. The van der Waals surface area contributed by atoms with Gasteiger partial charge >= 0.3 is 0 Å². The topological polar surface area (TPSA) is 17.1 Å². The van der Waals surface area contributed by atoms with E-state index in [0.717, 1.165) is 0 Å². The third-order valence-corrected chi connectivity index (χ3v) is 0. The maximum absolute atomic E-state index is 9.81. The summed E-state index contributed by atoms with van der Waals surface area (Å²) in [4.78, 5) is 9.81. The van der Waals surface area contributed by atoms with Crippen LogP contribution >= 0.6 is 0 Å². The van der Waals surface area contributed by atoms with Gasteiger partial charge in [-0.25, -0.2) is 0 Å². The lowest BCUT2D eigenvalue weighted by molar-refractivity contribution is -0.114. The molecular weight excluding hydrogens is 52.0 g/mol. The molecule has 0 radical (unpaired) electrons. The Bertz CT molecular complexity index is 46.8. The monoisotopic (exact) mass is 60.1 g/mol. The van der Waals surface area contributed by atoms with Crippen LogP contribution in [0.25, 0.3) is 0 Å². The number of ketones is 1. The Balaban J connectivity index is 2.99. The Morgan fingerprint density at radius 3 is 2.50 bits per heavy atom. The fraction of sp³-hybridized carbons (Fsp3) is 0.667. The first-order chi connectivity index (χ1) is 2.81. The molecule has 4 heavy (non-hydrogen) atoms. The largest absolute Gasteiger partial charge is 0.300 e. The zero-order chi connectivity index (χ0) is 4.99. The fourth-order valence-electron chi connectivity index (χ4n) is 0. The predicted molar refractivity (Wildman–Crippen MR) is 16.4 cm³/mol. The Labute approximate surface area is 28.4 Å². The molecule has 0 spiro atoms. The van der Waals surface area contributed by atoms with E-state index in [1.165, 1.54) is 0 Å². The molecule has 0 saturated carbocycles. The maximum Gasteiger partial charge on any atom is 0.126 e. The van der Waals surface area contributed by atoms with Crippen molar-refractivity contribution in [3.8, 4) is 0 Å². The maximum atomic E-state index is 9.81. The Kier molecular flexibility index (Phi) is 0.313. The van der Waals surface area contributed by atoms with Crippen molar-refractivity contribution >= 4 is 5.78 Å². The zero-order valence-corrected chi connectivity index (χ0v) is 2.32. The van der Waals surface area contributed by atoms with Gasteiger partial charge in [0.25, 0.3) is 0 Å². The average molecular weight is 60.1 g/mol. The van der Waals surface area contributed by atoms with Crippen LogP contribution in [0, 0.1) is 0 Å². The number of carbonyl (C=O) groups excluding carboxylic acids is 1. The summed E-state index contributed by atoms with van der Waals surface area (Å²) in [6, 6.07) is 0. The summed E-state index contributed by atoms with van der Waals surface area (Å²) in [5.41, 5.74) is 0. The summed E-state index contributed by atoms with van der Waals surface area (Å²) >= 11 is 0. The average Bonchev–Trinajstić information content (AvgIpc) is 1.65. The van der Waals surface area contributed by atoms with E-state index in [1.54, 1.807) is 0 Å². The Hall–Kier alpha value is -0.330. The van der Waals surface area contributed by atoms with E-state index in [4.69, 9.17) is 2.74 Å². The van der Waals surface area contributed by atoms with Crippen LogP contribution in [0.4, 0.5) is 0 Å². The highest BCUT2D eigenvalue weighted by Gasteiger charge is 1.62. The summed E-state index contributed by atoms with van der Waals surface area (Å²) in [7, 11) is 0. The molecule has 0 fully saturated rings. The van der Waals surface area contributed by atoms with Gasteiger partial charge in [-0.2, -0.15) is 0 Å². The van der Waals surface area contributed by atoms with E-state index in [-0.39, 0.29) is 19.6 Å². The third-order valence-electron chi connectivity index (χ3n) is 0. The van der Waals surface area contributed by atoms with Gasteiger partial charge in [-0.1, -0.05) is 0 Å². The van der Waals surface area contributed by atoms with Crippen molar-refractivity contribution in [1.29, 1.82) is 0 Å². The Morgan fingerprint density at radius 1 is 2.00 bits per heavy atom. The van der Waals surface area contributed by atoms with Crippen molar-refractivity contribution in [2.24, 2.45) is 0 Å². The van der Waals surface area contributed by atoms with Gasteiger partial charge in [0, 0.05) is 2.74 Å². The van der Waals surface area contributed by atoms with Gasteiger partial charge in [-0.05, 0) is 13.8 Å². The summed E-state index contributed by atoms with van der Waals surface area (Å²) in [5.74, 6) is -0.324. The standard InChI is InChI=1S/C3H6O/c1-3(2)4/h1-2H3/i1D,2D. The second-order valence-electron chi connectivity index (χ2n) is 0.539. The normalized spacial score (nSPS) is 13.0. The lowest BCUT2D eigenvalue weighted by Gasteiger charge is -1.56. The summed E-state index contributed by atoms with van der Waals surface area (Å²) in [6.07, 6.45) is 0. The van der Waals surface area contributed by atoms with E-state index < -0.39 is 0 Å². The summed E-state index contributed by atoms with van der Waals surface area (Å²) in [5, 5.41) is 0. The van der Waals surface area contributed by atoms with Gasteiger partial charge in [-0.15, -0.1) is 0 Å². The quantitative estimate of drug-likeness (QED) is 0.400. The number of hydrogen-bond acceptors (Lipinski definition) is 1. The second kappa shape index (κ2) is 1.04. The molecule has 0 aromatic carbocycles. The van der Waals surface area contributed by atoms with Gasteiger partial charge < -0.3 is 4.79 Å². The number of Topliss-reactive ketones (excluding diaryl/α,β-unsaturated/α-hetero) is 1. The lowest BCUT2D eigenvalue weighted by Crippen LogP contribution is -1.69. The fourth-order valence-corrected chi connectivity index (χ4v) is 0. The first-order valence-corrected chi connectivity index (χ1v) is 0.911. The zero-order valence-electron chi connectivity index (χ0n) is 4.32. The molecule has 0 saturated heterocycles. The smallest absolute Gasteiger partial charge is 0.126 e. The van der Waals surface area contributed by atoms with Crippen molar-refractivity contribution in [2.75, 3.05) is 0 Å². The van der Waals surface area contributed by atoms with Crippen LogP contribution in [-0.2, 0) is 4.79 Å². The van der Waals surface area contributed by atoms with Crippen molar-refractivity contribution in [3.05, 3.63) is 0 Å². The van der Waals surface area contributed by atoms with Crippen molar-refractivity contribution in [2.45, 2.75) is 13.8 Å². The third kappa shape index (κ3) is 6.88. The SMILES string of the molecule is [2H]CC(=O)C[2H]. The molecule has 0 amide bonds. The van der Waals surface area contributed by atoms with Crippen LogP contribution in [0.2, 0.25) is 0 Å². The molecule has 0 unspecified atom stereocenters. The molecule has 0 atom stereocenters. The Morgan fingerprint density at radius 2 is 2.50 bits per heavy atom. The molecule has 0 aliphatic heterocycles. The molecule has 0 N–H and O–H groups in total. The van der Waals surface area contributed by atoms with E-state index in [9.17, 15) is 4.79 Å². The molecule has 0 heterocycles. The van der Waals surface area contributed by atoms with E-state index in [1.807, 2.05) is 0 Å². The van der Waals surface area contributed by atoms with Crippen molar-refractivity contribution < 1.29 is 7.54 Å². The summed E-state index contributed by atoms with van der Waals surface area (Å²) in [6.45, 7) is -0.493. The lowest BCUT2D eigenvalue weighted by atomic mass is 10.6. The van der Waals surface area contributed by atoms with E-state index in [0.29, 0.717) is 0 Å². The molecule has 0 aliphatic carbocycles. The first kappa shape index (κ1) is 1.20. The van der Waals surface area contributed by atoms with Crippen LogP contribution < -0.4 is 0 Å². The van der Waals surface area contributed by atoms with Gasteiger partial charge in [0.2, 0.25) is 0 Å². The van der Waals surface area contributed by atoms with Gasteiger partial charge in [0.05, 0.1) is 0 Å². The van der Waals surface area contributed by atoms with Gasteiger partial charge in [-0.3, -0.25) is 0 Å². The molecule has 0 aliphatic rings. The van der Waals surface area contributed by atoms with Crippen LogP contribution in [0.15, 0.2) is 0 Å². The van der Waals surface area contributed by atoms with Crippen LogP contribution in [0.5, 0.6) is 0 Å². The van der Waals surface area contributed by atoms with Crippen LogP contribution in [0.1, 0.15) is 16.5 Å². The molecule has 0 aromatic heterocycles. The van der Waals surface area contributed by atoms with E-state index in [2.05, 4.69) is 0 Å². The van der Waals surface area contributed by atoms with Gasteiger partial charge in [0.1, 0.15) is 5.78 Å². The minimum Gasteiger partial charge on any atom is -0.300 e. The van der Waals surface area contributed by atoms with Crippen LogP contribution in [0.3, 0.4) is 0 Å². The molecular formula is C3H6O. The predicted octanol–water partition coefficient (Wildman–Crippen LogP) is 0.595. The highest BCUT2D eigenvalue weighted by Crippen LogP contribution is 1.50. The second-order valence-corrected chi connectivity index (χ2v) is 0.539. The molecule has 0 aromatic rings.